The summed E-state index contributed by atoms with van der Waals surface area (Å²) in [6.07, 6.45) is 2.51. The summed E-state index contributed by atoms with van der Waals surface area (Å²) in [5.74, 6) is -2.96. The minimum Gasteiger partial charge on any atom is -0.478 e. The molecule has 16 heteroatoms. The van der Waals surface area contributed by atoms with Gasteiger partial charge in [0.2, 0.25) is 0 Å². The average molecular weight is 889 g/mol. The molecule has 3 aromatic heterocycles. The van der Waals surface area contributed by atoms with Gasteiger partial charge in [-0.25, -0.2) is 9.78 Å². The van der Waals surface area contributed by atoms with Crippen molar-refractivity contribution in [2.75, 3.05) is 93.5 Å². The number of carbonyl (C=O) groups is 3. The summed E-state index contributed by atoms with van der Waals surface area (Å²) < 4.78 is 43.2. The second-order valence-corrected chi connectivity index (χ2v) is 15.6. The highest BCUT2D eigenvalue weighted by molar-refractivity contribution is 6.24. The molecule has 2 aliphatic heterocycles. The molecule has 0 spiro atoms. The maximum Gasteiger partial charge on any atom is 0.338 e. The number of aromatic amines is 2. The average Bonchev–Trinajstić information content (AvgIpc) is 3.96. The first kappa shape index (κ1) is 49.8. The Morgan fingerprint density at radius 1 is 0.719 bits per heavy atom. The van der Waals surface area contributed by atoms with Crippen LogP contribution in [0.5, 0.6) is 0 Å². The van der Waals surface area contributed by atoms with Gasteiger partial charge in [0.25, 0.3) is 0 Å². The fourth-order valence-corrected chi connectivity index (χ4v) is 7.99. The fourth-order valence-electron chi connectivity index (χ4n) is 7.99. The molecule has 0 saturated heterocycles. The normalized spacial score (nSPS) is 14.9. The predicted octanol–water partition coefficient (Wildman–Crippen LogP) is 6.81. The summed E-state index contributed by atoms with van der Waals surface area (Å²) >= 11 is 0. The Kier molecular flexibility index (Phi) is 19.2. The van der Waals surface area contributed by atoms with Crippen LogP contribution in [-0.2, 0) is 65.1 Å². The van der Waals surface area contributed by atoms with E-state index < -0.39 is 23.8 Å². The van der Waals surface area contributed by atoms with Gasteiger partial charge < -0.3 is 53.0 Å². The van der Waals surface area contributed by atoms with Gasteiger partial charge in [0.15, 0.2) is 0 Å². The Hall–Kier alpha value is -5.23. The van der Waals surface area contributed by atoms with Crippen molar-refractivity contribution < 1.29 is 57.4 Å². The zero-order valence-electron chi connectivity index (χ0n) is 38.3. The number of carbonyl (C=O) groups excluding carboxylic acids is 2. The lowest BCUT2D eigenvalue weighted by Crippen LogP contribution is -2.18. The van der Waals surface area contributed by atoms with E-state index >= 15 is 0 Å². The lowest BCUT2D eigenvalue weighted by molar-refractivity contribution is -0.146. The van der Waals surface area contributed by atoms with Crippen LogP contribution in [-0.4, -0.2) is 136 Å². The first-order valence-electron chi connectivity index (χ1n) is 21.9. The Labute approximate surface area is 374 Å². The Morgan fingerprint density at radius 3 is 1.86 bits per heavy atom. The molecular formula is C48H64N4O12. The number of hydrogen-bond donors (Lipinski definition) is 3. The minimum atomic E-state index is -1.20. The lowest BCUT2D eigenvalue weighted by atomic mass is 9.84. The molecule has 0 saturated carbocycles. The Balaban J connectivity index is 1.59. The SMILES string of the molecule is C=Cc1c(C)c2cc3nc(c(CC(=O)OCCOCCOCCOC)c4nc(cc5[nH]c(cc1[nH]2)c(C)c5CC)C(C)=C4C(=O)O)[C@@H](CCC(=O)OCCOCCOCCOC)[C@@H]3C. The smallest absolute Gasteiger partial charge is 0.338 e. The van der Waals surface area contributed by atoms with Crippen LogP contribution in [0.15, 0.2) is 24.8 Å². The largest absolute Gasteiger partial charge is 0.478 e. The molecule has 0 unspecified atom stereocenters. The van der Waals surface area contributed by atoms with E-state index in [0.29, 0.717) is 87.5 Å². The van der Waals surface area contributed by atoms with Gasteiger partial charge in [-0.2, -0.15) is 0 Å². The molecule has 64 heavy (non-hydrogen) atoms. The van der Waals surface area contributed by atoms with E-state index in [9.17, 15) is 19.5 Å². The number of ether oxygens (including phenoxy) is 8. The number of fused-ring (bicyclic) bond motifs is 8. The molecule has 2 atom stereocenters. The van der Waals surface area contributed by atoms with Crippen molar-refractivity contribution in [1.82, 2.24) is 19.9 Å². The molecule has 3 N–H and O–H groups in total. The zero-order chi connectivity index (χ0) is 46.2. The number of nitrogens with zero attached hydrogens (tertiary/aromatic N) is 2. The molecule has 0 radical (unpaired) electrons. The van der Waals surface area contributed by atoms with Crippen molar-refractivity contribution in [2.45, 2.75) is 72.1 Å². The molecule has 0 aliphatic carbocycles. The highest BCUT2D eigenvalue weighted by Gasteiger charge is 2.36. The molecule has 0 amide bonds. The summed E-state index contributed by atoms with van der Waals surface area (Å²) in [5, 5.41) is 10.8. The second-order valence-electron chi connectivity index (χ2n) is 15.6. The molecule has 0 aromatic carbocycles. The van der Waals surface area contributed by atoms with Crippen LogP contribution in [0.2, 0.25) is 0 Å². The van der Waals surface area contributed by atoms with Crippen LogP contribution in [0.1, 0.15) is 96.0 Å². The van der Waals surface area contributed by atoms with Crippen LogP contribution in [0.3, 0.4) is 0 Å². The Morgan fingerprint density at radius 2 is 1.28 bits per heavy atom. The van der Waals surface area contributed by atoms with E-state index in [2.05, 4.69) is 36.5 Å². The van der Waals surface area contributed by atoms with E-state index in [1.807, 2.05) is 32.1 Å². The quantitative estimate of drug-likeness (QED) is 0.0561. The van der Waals surface area contributed by atoms with Crippen molar-refractivity contribution in [3.8, 4) is 0 Å². The zero-order valence-corrected chi connectivity index (χ0v) is 38.3. The van der Waals surface area contributed by atoms with Crippen molar-refractivity contribution in [1.29, 1.82) is 0 Å². The molecule has 16 nitrogen and oxygen atoms in total. The number of allylic oxidation sites excluding steroid dienone is 1. The van der Waals surface area contributed by atoms with E-state index in [1.54, 1.807) is 21.1 Å². The number of nitrogens with one attached hydrogen (secondary N) is 2. The number of aryl methyl sites for hydroxylation is 3. The predicted molar refractivity (Wildman–Crippen MR) is 243 cm³/mol. The molecule has 0 fully saturated rings. The first-order chi connectivity index (χ1) is 30.9. The lowest BCUT2D eigenvalue weighted by Gasteiger charge is -2.18. The number of methoxy groups -OCH3 is 2. The van der Waals surface area contributed by atoms with Crippen LogP contribution in [0, 0.1) is 13.8 Å². The van der Waals surface area contributed by atoms with Crippen molar-refractivity contribution in [3.05, 3.63) is 75.4 Å². The van der Waals surface area contributed by atoms with Crippen LogP contribution >= 0.6 is 0 Å². The van der Waals surface area contributed by atoms with Crippen molar-refractivity contribution in [3.63, 3.8) is 0 Å². The van der Waals surface area contributed by atoms with Crippen molar-refractivity contribution >= 4 is 57.2 Å². The third-order valence-electron chi connectivity index (χ3n) is 11.5. The van der Waals surface area contributed by atoms with Gasteiger partial charge in [-0.3, -0.25) is 14.6 Å². The highest BCUT2D eigenvalue weighted by Crippen LogP contribution is 2.44. The number of aliphatic carboxylic acids is 1. The first-order valence-corrected chi connectivity index (χ1v) is 21.9. The van der Waals surface area contributed by atoms with Gasteiger partial charge in [0, 0.05) is 71.4 Å². The number of esters is 2. The third kappa shape index (κ3) is 12.7. The number of H-pyrrole nitrogens is 2. The van der Waals surface area contributed by atoms with E-state index in [1.165, 1.54) is 0 Å². The number of carboxylic acids is 1. The van der Waals surface area contributed by atoms with Gasteiger partial charge in [-0.1, -0.05) is 26.5 Å². The summed E-state index contributed by atoms with van der Waals surface area (Å²) in [6.45, 7) is 17.6. The molecule has 348 valence electrons. The standard InChI is InChI=1S/C48H64N4O12/c1-9-33-29(3)37-26-39-31(5)35(11-12-43(53)63-23-21-61-19-17-59-15-13-57-7)46(51-39)36(25-44(54)64-24-22-62-20-18-60-16-14-58-8)47-45(48(55)56)32(6)40(52-47)28-42-34(10-2)30(4)38(50-42)27-41(33)49-37/h9,26-28,31,35,49-50H,1,10-25H2,2-8H3,(H,55,56)/t31-,35-/m0/s1. The minimum absolute atomic E-state index is 0.0271. The molecule has 2 aliphatic rings. The van der Waals surface area contributed by atoms with Gasteiger partial charge in [0.05, 0.1) is 95.1 Å². The number of rotatable bonds is 26. The molecule has 8 bridgehead atoms. The van der Waals surface area contributed by atoms with E-state index in [0.717, 1.165) is 44.3 Å². The molecule has 3 aromatic rings. The number of hydrogen-bond acceptors (Lipinski definition) is 13. The van der Waals surface area contributed by atoms with E-state index in [4.69, 9.17) is 47.9 Å². The van der Waals surface area contributed by atoms with Gasteiger partial charge in [-0.05, 0) is 74.1 Å². The molecule has 5 rings (SSSR count). The van der Waals surface area contributed by atoms with Gasteiger partial charge >= 0.3 is 17.9 Å². The van der Waals surface area contributed by atoms with Gasteiger partial charge in [-0.15, -0.1) is 0 Å². The van der Waals surface area contributed by atoms with Crippen LogP contribution in [0.25, 0.3) is 39.3 Å². The second kappa shape index (κ2) is 24.7. The maximum atomic E-state index is 13.8. The molecular weight excluding hydrogens is 825 g/mol. The van der Waals surface area contributed by atoms with E-state index in [-0.39, 0.29) is 62.9 Å². The van der Waals surface area contributed by atoms with Gasteiger partial charge in [0.1, 0.15) is 13.2 Å². The summed E-state index contributed by atoms with van der Waals surface area (Å²) in [7, 11) is 3.20. The fraction of sp³-hybridized carbons (Fsp3) is 0.521. The van der Waals surface area contributed by atoms with Crippen molar-refractivity contribution in [2.24, 2.45) is 0 Å². The highest BCUT2D eigenvalue weighted by atomic mass is 16.6. The number of aromatic nitrogens is 4. The summed E-state index contributed by atoms with van der Waals surface area (Å²) in [5.41, 5.74) is 9.75. The third-order valence-corrected chi connectivity index (χ3v) is 11.5. The molecule has 5 heterocycles. The summed E-state index contributed by atoms with van der Waals surface area (Å²) in [6, 6.07) is 5.90. The van der Waals surface area contributed by atoms with Crippen LogP contribution in [0.4, 0.5) is 0 Å². The number of carboxylic acid groups (broad SMARTS) is 1. The Bertz CT molecular complexity index is 2310. The topological polar surface area (TPSA) is 203 Å². The maximum absolute atomic E-state index is 13.8. The monoisotopic (exact) mass is 888 g/mol. The summed E-state index contributed by atoms with van der Waals surface area (Å²) in [4.78, 5) is 57.7. The van der Waals surface area contributed by atoms with Crippen LogP contribution < -0.4 is 0 Å².